The highest BCUT2D eigenvalue weighted by Gasteiger charge is 2.38. The Labute approximate surface area is 123 Å². The van der Waals surface area contributed by atoms with Gasteiger partial charge in [0.25, 0.3) is 0 Å². The van der Waals surface area contributed by atoms with Gasteiger partial charge in [-0.3, -0.25) is 9.59 Å². The molecule has 0 bridgehead atoms. The molecular weight excluding hydrogens is 270 g/mol. The standard InChI is InChI=1S/C16H19NO4/c18-12-4-6-14-11(8-12)2-1-7-17(14)15(19)9-10-3-5-13(10)16(20)21/h4,6,8,10,13,18H,1-3,5,7,9H2,(H,20,21)/t10-,13-/m1/s1. The number of anilines is 1. The van der Waals surface area contributed by atoms with Gasteiger partial charge in [-0.15, -0.1) is 0 Å². The lowest BCUT2D eigenvalue weighted by atomic mass is 9.71. The molecule has 0 spiro atoms. The zero-order valence-corrected chi connectivity index (χ0v) is 11.8. The second-order valence-corrected chi connectivity index (χ2v) is 5.95. The minimum atomic E-state index is -0.789. The SMILES string of the molecule is O=C(O)[C@@H]1CC[C@@H]1CC(=O)N1CCCc2cc(O)ccc21. The maximum Gasteiger partial charge on any atom is 0.306 e. The monoisotopic (exact) mass is 289 g/mol. The maximum absolute atomic E-state index is 12.5. The van der Waals surface area contributed by atoms with Gasteiger partial charge in [0.05, 0.1) is 5.92 Å². The Bertz CT molecular complexity index is 584. The Balaban J connectivity index is 1.73. The average molecular weight is 289 g/mol. The fraction of sp³-hybridized carbons (Fsp3) is 0.500. The average Bonchev–Trinajstić information content (AvgIpc) is 2.41. The van der Waals surface area contributed by atoms with E-state index in [0.717, 1.165) is 30.5 Å². The predicted molar refractivity (Wildman–Crippen MR) is 77.2 cm³/mol. The van der Waals surface area contributed by atoms with Gasteiger partial charge in [0.15, 0.2) is 0 Å². The number of aromatic hydroxyl groups is 1. The molecule has 1 fully saturated rings. The molecule has 2 atom stereocenters. The molecule has 0 unspecified atom stereocenters. The van der Waals surface area contributed by atoms with Crippen LogP contribution >= 0.6 is 0 Å². The van der Waals surface area contributed by atoms with Gasteiger partial charge < -0.3 is 15.1 Å². The molecule has 1 amide bonds. The van der Waals surface area contributed by atoms with Crippen LogP contribution in [-0.4, -0.2) is 28.6 Å². The minimum Gasteiger partial charge on any atom is -0.508 e. The molecule has 2 aliphatic rings. The highest BCUT2D eigenvalue weighted by atomic mass is 16.4. The Morgan fingerprint density at radius 2 is 2.10 bits per heavy atom. The van der Waals surface area contributed by atoms with Crippen molar-refractivity contribution in [3.8, 4) is 5.75 Å². The maximum atomic E-state index is 12.5. The van der Waals surface area contributed by atoms with Crippen molar-refractivity contribution in [1.82, 2.24) is 0 Å². The van der Waals surface area contributed by atoms with E-state index in [1.54, 1.807) is 23.1 Å². The van der Waals surface area contributed by atoms with Crippen molar-refractivity contribution >= 4 is 17.6 Å². The van der Waals surface area contributed by atoms with E-state index in [0.29, 0.717) is 19.4 Å². The highest BCUT2D eigenvalue weighted by Crippen LogP contribution is 2.38. The van der Waals surface area contributed by atoms with Crippen molar-refractivity contribution in [2.24, 2.45) is 11.8 Å². The summed E-state index contributed by atoms with van der Waals surface area (Å²) in [6, 6.07) is 5.07. The topological polar surface area (TPSA) is 77.8 Å². The molecular formula is C16H19NO4. The summed E-state index contributed by atoms with van der Waals surface area (Å²) in [6.07, 6.45) is 3.53. The summed E-state index contributed by atoms with van der Waals surface area (Å²) in [5.41, 5.74) is 1.84. The Kier molecular flexibility index (Phi) is 3.57. The van der Waals surface area contributed by atoms with Gasteiger partial charge in [-0.1, -0.05) is 0 Å². The fourth-order valence-corrected chi connectivity index (χ4v) is 3.32. The number of carbonyl (C=O) groups is 2. The van der Waals surface area contributed by atoms with Crippen LogP contribution in [0.15, 0.2) is 18.2 Å². The van der Waals surface area contributed by atoms with Crippen molar-refractivity contribution in [2.45, 2.75) is 32.1 Å². The van der Waals surface area contributed by atoms with Crippen LogP contribution in [0.5, 0.6) is 5.75 Å². The van der Waals surface area contributed by atoms with Crippen molar-refractivity contribution in [3.63, 3.8) is 0 Å². The number of benzene rings is 1. The predicted octanol–water partition coefficient (Wildman–Crippen LogP) is 2.17. The molecule has 2 N–H and O–H groups in total. The normalized spacial score (nSPS) is 24.1. The van der Waals surface area contributed by atoms with Crippen LogP contribution in [0.4, 0.5) is 5.69 Å². The quantitative estimate of drug-likeness (QED) is 0.894. The first kappa shape index (κ1) is 13.9. The van der Waals surface area contributed by atoms with E-state index in [4.69, 9.17) is 5.11 Å². The lowest BCUT2D eigenvalue weighted by Gasteiger charge is -2.36. The van der Waals surface area contributed by atoms with Crippen LogP contribution < -0.4 is 4.90 Å². The number of carboxylic acids is 1. The summed E-state index contributed by atoms with van der Waals surface area (Å²) in [6.45, 7) is 0.668. The van der Waals surface area contributed by atoms with Crippen molar-refractivity contribution < 1.29 is 19.8 Å². The number of carboxylic acid groups (broad SMARTS) is 1. The number of nitrogens with zero attached hydrogens (tertiary/aromatic N) is 1. The summed E-state index contributed by atoms with van der Waals surface area (Å²) in [5.74, 6) is -0.968. The van der Waals surface area contributed by atoms with Crippen molar-refractivity contribution in [1.29, 1.82) is 0 Å². The number of hydrogen-bond donors (Lipinski definition) is 2. The van der Waals surface area contributed by atoms with Crippen LogP contribution in [0.25, 0.3) is 0 Å². The third-order valence-electron chi connectivity index (χ3n) is 4.65. The molecule has 112 valence electrons. The summed E-state index contributed by atoms with van der Waals surface area (Å²) in [5, 5.41) is 18.6. The van der Waals surface area contributed by atoms with Gasteiger partial charge in [0, 0.05) is 18.7 Å². The molecule has 1 saturated carbocycles. The number of phenolic OH excluding ortho intramolecular Hbond substituents is 1. The van der Waals surface area contributed by atoms with Gasteiger partial charge >= 0.3 is 5.97 Å². The zero-order chi connectivity index (χ0) is 15.0. The Hall–Kier alpha value is -2.04. The van der Waals surface area contributed by atoms with Gasteiger partial charge in [-0.2, -0.15) is 0 Å². The number of phenols is 1. The number of carbonyl (C=O) groups excluding carboxylic acids is 1. The van der Waals surface area contributed by atoms with Crippen LogP contribution in [0, 0.1) is 11.8 Å². The molecule has 0 radical (unpaired) electrons. The van der Waals surface area contributed by atoms with E-state index < -0.39 is 5.97 Å². The molecule has 1 heterocycles. The lowest BCUT2D eigenvalue weighted by Crippen LogP contribution is -2.41. The van der Waals surface area contributed by atoms with Crippen LogP contribution in [0.3, 0.4) is 0 Å². The molecule has 0 saturated heterocycles. The van der Waals surface area contributed by atoms with E-state index in [1.165, 1.54) is 0 Å². The van der Waals surface area contributed by atoms with E-state index in [1.807, 2.05) is 0 Å². The van der Waals surface area contributed by atoms with E-state index in [2.05, 4.69) is 0 Å². The number of fused-ring (bicyclic) bond motifs is 1. The smallest absolute Gasteiger partial charge is 0.306 e. The van der Waals surface area contributed by atoms with Crippen molar-refractivity contribution in [2.75, 3.05) is 11.4 Å². The molecule has 1 aromatic carbocycles. The Morgan fingerprint density at radius 1 is 1.29 bits per heavy atom. The third kappa shape index (κ3) is 2.60. The zero-order valence-electron chi connectivity index (χ0n) is 11.8. The van der Waals surface area contributed by atoms with Gasteiger partial charge in [0.2, 0.25) is 5.91 Å². The second-order valence-electron chi connectivity index (χ2n) is 5.95. The molecule has 3 rings (SSSR count). The van der Waals surface area contributed by atoms with E-state index >= 15 is 0 Å². The molecule has 21 heavy (non-hydrogen) atoms. The molecule has 1 aliphatic heterocycles. The number of aryl methyl sites for hydroxylation is 1. The van der Waals surface area contributed by atoms with E-state index in [-0.39, 0.29) is 23.5 Å². The number of hydrogen-bond acceptors (Lipinski definition) is 3. The van der Waals surface area contributed by atoms with Gasteiger partial charge in [-0.25, -0.2) is 0 Å². The fourth-order valence-electron chi connectivity index (χ4n) is 3.32. The summed E-state index contributed by atoms with van der Waals surface area (Å²) in [4.78, 5) is 25.3. The third-order valence-corrected chi connectivity index (χ3v) is 4.65. The summed E-state index contributed by atoms with van der Waals surface area (Å²) >= 11 is 0. The summed E-state index contributed by atoms with van der Waals surface area (Å²) < 4.78 is 0. The number of amides is 1. The largest absolute Gasteiger partial charge is 0.508 e. The Morgan fingerprint density at radius 3 is 2.76 bits per heavy atom. The summed E-state index contributed by atoms with van der Waals surface area (Å²) in [7, 11) is 0. The molecule has 0 aromatic heterocycles. The first-order valence-corrected chi connectivity index (χ1v) is 7.41. The van der Waals surface area contributed by atoms with Gasteiger partial charge in [-0.05, 0) is 55.4 Å². The highest BCUT2D eigenvalue weighted by molar-refractivity contribution is 5.95. The van der Waals surface area contributed by atoms with Crippen LogP contribution in [0.2, 0.25) is 0 Å². The molecule has 1 aromatic rings. The van der Waals surface area contributed by atoms with Crippen LogP contribution in [0.1, 0.15) is 31.2 Å². The number of rotatable bonds is 3. The van der Waals surface area contributed by atoms with Crippen molar-refractivity contribution in [3.05, 3.63) is 23.8 Å². The molecule has 1 aliphatic carbocycles. The molecule has 5 nitrogen and oxygen atoms in total. The first-order chi connectivity index (χ1) is 10.1. The number of aliphatic carboxylic acids is 1. The lowest BCUT2D eigenvalue weighted by molar-refractivity contribution is -0.148. The second kappa shape index (κ2) is 5.39. The van der Waals surface area contributed by atoms with E-state index in [9.17, 15) is 14.7 Å². The first-order valence-electron chi connectivity index (χ1n) is 7.41. The van der Waals surface area contributed by atoms with Crippen LogP contribution in [-0.2, 0) is 16.0 Å². The molecule has 5 heteroatoms. The van der Waals surface area contributed by atoms with Gasteiger partial charge in [0.1, 0.15) is 5.75 Å². The minimum absolute atomic E-state index is 0.00223.